The lowest BCUT2D eigenvalue weighted by Gasteiger charge is -2.19. The molecule has 0 aliphatic carbocycles. The molecule has 0 spiro atoms. The molecule has 2 N–H and O–H groups in total. The van der Waals surface area contributed by atoms with Crippen LogP contribution < -0.4 is 10.6 Å². The number of aryl methyl sites for hydroxylation is 1. The highest BCUT2D eigenvalue weighted by atomic mass is 35.5. The first-order valence-corrected chi connectivity index (χ1v) is 5.40. The van der Waals surface area contributed by atoms with Crippen molar-refractivity contribution in [1.82, 2.24) is 19.5 Å². The van der Waals surface area contributed by atoms with E-state index in [0.717, 1.165) is 5.82 Å². The fourth-order valence-electron chi connectivity index (χ4n) is 1.51. The molecule has 0 radical (unpaired) electrons. The number of anilines is 2. The third kappa shape index (κ3) is 2.31. The number of halogens is 1. The zero-order valence-corrected chi connectivity index (χ0v) is 10.4. The lowest BCUT2D eigenvalue weighted by Crippen LogP contribution is -2.21. The van der Waals surface area contributed by atoms with E-state index in [-0.39, 0.29) is 5.15 Å². The second-order valence-corrected chi connectivity index (χ2v) is 4.07. The molecule has 17 heavy (non-hydrogen) atoms. The monoisotopic (exact) mass is 252 g/mol. The summed E-state index contributed by atoms with van der Waals surface area (Å²) in [6.07, 6.45) is 5.03. The second kappa shape index (κ2) is 4.58. The fraction of sp³-hybridized carbons (Fsp3) is 0.300. The maximum atomic E-state index is 5.85. The Morgan fingerprint density at radius 2 is 2.18 bits per heavy atom. The third-order valence-corrected chi connectivity index (χ3v) is 2.78. The smallest absolute Gasteiger partial charge is 0.157 e. The molecular weight excluding hydrogens is 240 g/mol. The predicted molar refractivity (Wildman–Crippen MR) is 66.8 cm³/mol. The number of hydrogen-bond acceptors (Lipinski definition) is 5. The lowest BCUT2D eigenvalue weighted by molar-refractivity contribution is 0.755. The number of nitrogen functional groups attached to an aromatic ring is 1. The summed E-state index contributed by atoms with van der Waals surface area (Å²) in [5.74, 6) is 1.52. The van der Waals surface area contributed by atoms with Gasteiger partial charge < -0.3 is 15.2 Å². The van der Waals surface area contributed by atoms with Crippen LogP contribution in [-0.4, -0.2) is 26.6 Å². The van der Waals surface area contributed by atoms with Gasteiger partial charge in [-0.05, 0) is 0 Å². The van der Waals surface area contributed by atoms with Crippen LogP contribution in [0.3, 0.4) is 0 Å². The van der Waals surface area contributed by atoms with Crippen molar-refractivity contribution in [1.29, 1.82) is 0 Å². The highest BCUT2D eigenvalue weighted by Gasteiger charge is 2.12. The number of nitrogens with two attached hydrogens (primary N) is 1. The first-order chi connectivity index (χ1) is 8.09. The van der Waals surface area contributed by atoms with E-state index in [1.807, 2.05) is 29.8 Å². The van der Waals surface area contributed by atoms with E-state index in [1.165, 1.54) is 6.33 Å². The van der Waals surface area contributed by atoms with E-state index in [4.69, 9.17) is 17.3 Å². The van der Waals surface area contributed by atoms with Crippen molar-refractivity contribution in [3.63, 3.8) is 0 Å². The molecule has 0 saturated heterocycles. The van der Waals surface area contributed by atoms with Crippen LogP contribution >= 0.6 is 11.6 Å². The summed E-state index contributed by atoms with van der Waals surface area (Å²) in [7, 11) is 3.82. The van der Waals surface area contributed by atoms with Gasteiger partial charge in [0.15, 0.2) is 11.0 Å². The van der Waals surface area contributed by atoms with Crippen molar-refractivity contribution in [2.45, 2.75) is 6.54 Å². The van der Waals surface area contributed by atoms with Crippen LogP contribution in [0.5, 0.6) is 0 Å². The maximum Gasteiger partial charge on any atom is 0.157 e. The molecular formula is C10H13ClN6. The molecule has 2 heterocycles. The van der Waals surface area contributed by atoms with E-state index in [1.54, 1.807) is 6.20 Å². The summed E-state index contributed by atoms with van der Waals surface area (Å²) in [6, 6.07) is 0. The maximum absolute atomic E-state index is 5.85. The van der Waals surface area contributed by atoms with Crippen LogP contribution in [0, 0.1) is 0 Å². The molecule has 6 nitrogen and oxygen atoms in total. The Kier molecular flexibility index (Phi) is 3.14. The van der Waals surface area contributed by atoms with Crippen molar-refractivity contribution in [3.8, 4) is 0 Å². The number of rotatable bonds is 3. The molecule has 0 bridgehead atoms. The van der Waals surface area contributed by atoms with Gasteiger partial charge in [-0.15, -0.1) is 0 Å². The standard InChI is InChI=1S/C10H13ClN6/c1-16-4-3-13-7(16)5-17(2)10-8(12)9(11)14-6-15-10/h3-4,6H,5,12H2,1-2H3. The summed E-state index contributed by atoms with van der Waals surface area (Å²) in [5.41, 5.74) is 6.21. The predicted octanol–water partition coefficient (Wildman–Crippen LogP) is 1.08. The molecule has 0 aliphatic heterocycles. The zero-order chi connectivity index (χ0) is 12.4. The van der Waals surface area contributed by atoms with Crippen LogP contribution in [0.25, 0.3) is 0 Å². The minimum Gasteiger partial charge on any atom is -0.393 e. The summed E-state index contributed by atoms with van der Waals surface area (Å²) < 4.78 is 1.94. The van der Waals surface area contributed by atoms with Gasteiger partial charge in [0, 0.05) is 26.5 Å². The third-order valence-electron chi connectivity index (χ3n) is 2.48. The van der Waals surface area contributed by atoms with Crippen molar-refractivity contribution < 1.29 is 0 Å². The summed E-state index contributed by atoms with van der Waals surface area (Å²) >= 11 is 5.85. The minimum atomic E-state index is 0.265. The van der Waals surface area contributed by atoms with Crippen molar-refractivity contribution >= 4 is 23.1 Å². The Balaban J connectivity index is 2.23. The molecule has 0 fully saturated rings. The van der Waals surface area contributed by atoms with Crippen LogP contribution in [0.15, 0.2) is 18.7 Å². The zero-order valence-electron chi connectivity index (χ0n) is 9.63. The van der Waals surface area contributed by atoms with E-state index < -0.39 is 0 Å². The molecule has 0 amide bonds. The second-order valence-electron chi connectivity index (χ2n) is 3.71. The van der Waals surface area contributed by atoms with Crippen LogP contribution in [0.4, 0.5) is 11.5 Å². The van der Waals surface area contributed by atoms with Gasteiger partial charge in [0.1, 0.15) is 17.8 Å². The van der Waals surface area contributed by atoms with Gasteiger partial charge in [-0.1, -0.05) is 11.6 Å². The van der Waals surface area contributed by atoms with Crippen LogP contribution in [0.2, 0.25) is 5.15 Å². The SMILES string of the molecule is CN(Cc1nccn1C)c1ncnc(Cl)c1N. The molecule has 0 saturated carbocycles. The van der Waals surface area contributed by atoms with Gasteiger partial charge in [0.25, 0.3) is 0 Å². The van der Waals surface area contributed by atoms with Gasteiger partial charge in [-0.25, -0.2) is 15.0 Å². The van der Waals surface area contributed by atoms with E-state index >= 15 is 0 Å². The Morgan fingerprint density at radius 3 is 2.82 bits per heavy atom. The Labute approximate surface area is 104 Å². The molecule has 0 aliphatic rings. The number of hydrogen-bond donors (Lipinski definition) is 1. The highest BCUT2D eigenvalue weighted by molar-refractivity contribution is 6.32. The largest absolute Gasteiger partial charge is 0.393 e. The Morgan fingerprint density at radius 1 is 1.41 bits per heavy atom. The van der Waals surface area contributed by atoms with Crippen molar-refractivity contribution in [2.24, 2.45) is 7.05 Å². The van der Waals surface area contributed by atoms with Gasteiger partial charge in [-0.3, -0.25) is 0 Å². The molecule has 0 aromatic carbocycles. The van der Waals surface area contributed by atoms with Gasteiger partial charge in [0.2, 0.25) is 0 Å². The summed E-state index contributed by atoms with van der Waals surface area (Å²) in [4.78, 5) is 14.1. The fourth-order valence-corrected chi connectivity index (χ4v) is 1.63. The number of imidazole rings is 1. The molecule has 90 valence electrons. The van der Waals surface area contributed by atoms with Crippen molar-refractivity contribution in [2.75, 3.05) is 17.7 Å². The average Bonchev–Trinajstić information content (AvgIpc) is 2.68. The Hall–Kier alpha value is -1.82. The molecule has 0 unspecified atom stereocenters. The molecule has 2 aromatic heterocycles. The first kappa shape index (κ1) is 11.7. The average molecular weight is 253 g/mol. The van der Waals surface area contributed by atoms with Crippen molar-refractivity contribution in [3.05, 3.63) is 29.7 Å². The van der Waals surface area contributed by atoms with Gasteiger partial charge >= 0.3 is 0 Å². The quantitative estimate of drug-likeness (QED) is 0.828. The number of aromatic nitrogens is 4. The minimum absolute atomic E-state index is 0.265. The molecule has 2 rings (SSSR count). The first-order valence-electron chi connectivity index (χ1n) is 5.03. The van der Waals surface area contributed by atoms with Crippen LogP contribution in [0.1, 0.15) is 5.82 Å². The van der Waals surface area contributed by atoms with Gasteiger partial charge in [-0.2, -0.15) is 0 Å². The normalized spacial score (nSPS) is 10.5. The van der Waals surface area contributed by atoms with Gasteiger partial charge in [0.05, 0.1) is 6.54 Å². The van der Waals surface area contributed by atoms with E-state index in [2.05, 4.69) is 15.0 Å². The highest BCUT2D eigenvalue weighted by Crippen LogP contribution is 2.25. The molecule has 7 heteroatoms. The lowest BCUT2D eigenvalue weighted by atomic mass is 10.4. The molecule has 2 aromatic rings. The Bertz CT molecular complexity index is 523. The summed E-state index contributed by atoms with van der Waals surface area (Å²) in [6.45, 7) is 0.598. The summed E-state index contributed by atoms with van der Waals surface area (Å²) in [5, 5.41) is 0.265. The van der Waals surface area contributed by atoms with E-state index in [9.17, 15) is 0 Å². The van der Waals surface area contributed by atoms with Crippen LogP contribution in [-0.2, 0) is 13.6 Å². The van der Waals surface area contributed by atoms with E-state index in [0.29, 0.717) is 18.1 Å². The number of nitrogens with zero attached hydrogens (tertiary/aromatic N) is 5. The topological polar surface area (TPSA) is 72.9 Å². The molecule has 0 atom stereocenters.